The molecule has 2 aliphatic rings. The molecule has 2 unspecified atom stereocenters. The maximum absolute atomic E-state index is 5.11. The van der Waals surface area contributed by atoms with Crippen LogP contribution in [0.4, 0.5) is 0 Å². The number of hydrogen-bond acceptors (Lipinski definition) is 0. The van der Waals surface area contributed by atoms with E-state index in [2.05, 4.69) is 5.92 Å². The van der Waals surface area contributed by atoms with Gasteiger partial charge in [0.2, 0.25) is 0 Å². The molecule has 0 nitrogen and oxygen atoms in total. The van der Waals surface area contributed by atoms with Crippen molar-refractivity contribution in [1.29, 1.82) is 0 Å². The molecule has 8 heavy (non-hydrogen) atoms. The molecule has 0 amide bonds. The second kappa shape index (κ2) is 1.29. The maximum Gasteiger partial charge on any atom is 0.00889 e. The molecule has 0 N–H and O–H groups in total. The Kier molecular flexibility index (Phi) is 0.713. The Hall–Kier alpha value is -0.440. The normalized spacial score (nSPS) is 47.1. The number of terminal acetylenes is 1. The summed E-state index contributed by atoms with van der Waals surface area (Å²) >= 11 is 0. The van der Waals surface area contributed by atoms with Gasteiger partial charge in [0.1, 0.15) is 0 Å². The molecule has 0 spiro atoms. The van der Waals surface area contributed by atoms with Crippen molar-refractivity contribution in [3.05, 3.63) is 0 Å². The predicted octanol–water partition coefficient (Wildman–Crippen LogP) is 1.67. The summed E-state index contributed by atoms with van der Waals surface area (Å²) in [5.74, 6) is 6.04. The first-order chi connectivity index (χ1) is 3.93. The van der Waals surface area contributed by atoms with Crippen LogP contribution in [-0.4, -0.2) is 0 Å². The quantitative estimate of drug-likeness (QED) is 0.470. The fourth-order valence-electron chi connectivity index (χ4n) is 1.59. The Morgan fingerprint density at radius 1 is 1.50 bits per heavy atom. The molecule has 0 heteroatoms. The second-order valence-corrected chi connectivity index (χ2v) is 2.97. The maximum atomic E-state index is 5.11. The van der Waals surface area contributed by atoms with E-state index in [4.69, 9.17) is 6.42 Å². The Morgan fingerprint density at radius 3 is 2.62 bits per heavy atom. The van der Waals surface area contributed by atoms with Crippen LogP contribution < -0.4 is 0 Å². The lowest BCUT2D eigenvalue weighted by Gasteiger charge is -1.95. The van der Waals surface area contributed by atoms with Crippen molar-refractivity contribution in [1.82, 2.24) is 0 Å². The van der Waals surface area contributed by atoms with Crippen LogP contribution in [0.15, 0.2) is 0 Å². The van der Waals surface area contributed by atoms with E-state index in [1.54, 1.807) is 0 Å². The van der Waals surface area contributed by atoms with Gasteiger partial charge in [-0.2, -0.15) is 0 Å². The highest BCUT2D eigenvalue weighted by Gasteiger charge is 2.62. The zero-order valence-electron chi connectivity index (χ0n) is 4.93. The lowest BCUT2D eigenvalue weighted by molar-refractivity contribution is 0.574. The van der Waals surface area contributed by atoms with Crippen molar-refractivity contribution in [3.8, 4) is 12.3 Å². The monoisotopic (exact) mass is 106 g/mol. The lowest BCUT2D eigenvalue weighted by atomic mass is 10.1. The number of fused-ring (bicyclic) bond motifs is 1. The molecule has 0 aromatic heterocycles. The fourth-order valence-corrected chi connectivity index (χ4v) is 1.59. The van der Waals surface area contributed by atoms with Crippen LogP contribution >= 0.6 is 0 Å². The summed E-state index contributed by atoms with van der Waals surface area (Å²) < 4.78 is 0. The van der Waals surface area contributed by atoms with Crippen LogP contribution in [-0.2, 0) is 0 Å². The Balaban J connectivity index is 1.67. The van der Waals surface area contributed by atoms with Crippen LogP contribution in [0.2, 0.25) is 0 Å². The van der Waals surface area contributed by atoms with E-state index in [-0.39, 0.29) is 0 Å². The van der Waals surface area contributed by atoms with E-state index >= 15 is 0 Å². The van der Waals surface area contributed by atoms with Crippen molar-refractivity contribution in [3.63, 3.8) is 0 Å². The standard InChI is InChI=1S/C8H10/c1-2-3-4-6-7-5-8(6)7/h1,6-8H,3-5H2. The van der Waals surface area contributed by atoms with E-state index in [1.807, 2.05) is 0 Å². The summed E-state index contributed by atoms with van der Waals surface area (Å²) in [7, 11) is 0. The first-order valence-electron chi connectivity index (χ1n) is 3.37. The molecule has 2 rings (SSSR count). The second-order valence-electron chi connectivity index (χ2n) is 2.97. The highest BCUT2D eigenvalue weighted by molar-refractivity contribution is 5.12. The van der Waals surface area contributed by atoms with Crippen LogP contribution in [0.25, 0.3) is 0 Å². The van der Waals surface area contributed by atoms with Gasteiger partial charge in [-0.1, -0.05) is 0 Å². The minimum Gasteiger partial charge on any atom is -0.120 e. The topological polar surface area (TPSA) is 0 Å². The zero-order valence-corrected chi connectivity index (χ0v) is 4.93. The minimum atomic E-state index is 1.01. The molecule has 0 aromatic rings. The molecule has 0 bridgehead atoms. The van der Waals surface area contributed by atoms with Gasteiger partial charge in [-0.25, -0.2) is 0 Å². The molecule has 42 valence electrons. The van der Waals surface area contributed by atoms with Crippen molar-refractivity contribution < 1.29 is 0 Å². The molecular weight excluding hydrogens is 96.1 g/mol. The average molecular weight is 106 g/mol. The molecule has 0 aliphatic heterocycles. The van der Waals surface area contributed by atoms with Gasteiger partial charge in [-0.15, -0.1) is 12.3 Å². The molecule has 0 aromatic carbocycles. The smallest absolute Gasteiger partial charge is 0.00889 e. The van der Waals surface area contributed by atoms with Crippen molar-refractivity contribution >= 4 is 0 Å². The molecule has 0 heterocycles. The highest BCUT2D eigenvalue weighted by Crippen LogP contribution is 2.69. The molecule has 0 saturated heterocycles. The van der Waals surface area contributed by atoms with E-state index in [9.17, 15) is 0 Å². The van der Waals surface area contributed by atoms with Crippen LogP contribution in [0.5, 0.6) is 0 Å². The van der Waals surface area contributed by atoms with Gasteiger partial charge in [-0.3, -0.25) is 0 Å². The number of hydrogen-bond donors (Lipinski definition) is 0. The van der Waals surface area contributed by atoms with E-state index in [0.29, 0.717) is 0 Å². The first-order valence-corrected chi connectivity index (χ1v) is 3.37. The van der Waals surface area contributed by atoms with Gasteiger partial charge in [0.25, 0.3) is 0 Å². The lowest BCUT2D eigenvalue weighted by Crippen LogP contribution is -1.85. The number of rotatable bonds is 2. The van der Waals surface area contributed by atoms with Crippen LogP contribution in [0.3, 0.4) is 0 Å². The third-order valence-electron chi connectivity index (χ3n) is 2.47. The first kappa shape index (κ1) is 4.44. The van der Waals surface area contributed by atoms with Gasteiger partial charge < -0.3 is 0 Å². The van der Waals surface area contributed by atoms with E-state index in [1.165, 1.54) is 12.8 Å². The van der Waals surface area contributed by atoms with E-state index in [0.717, 1.165) is 24.2 Å². The van der Waals surface area contributed by atoms with Gasteiger partial charge in [0.15, 0.2) is 0 Å². The molecule has 2 atom stereocenters. The summed E-state index contributed by atoms with van der Waals surface area (Å²) in [5.41, 5.74) is 0. The summed E-state index contributed by atoms with van der Waals surface area (Å²) in [6, 6.07) is 0. The molecule has 0 radical (unpaired) electrons. The third-order valence-corrected chi connectivity index (χ3v) is 2.47. The van der Waals surface area contributed by atoms with Gasteiger partial charge in [-0.05, 0) is 30.6 Å². The Bertz CT molecular complexity index is 133. The Morgan fingerprint density at radius 2 is 2.25 bits per heavy atom. The average Bonchev–Trinajstić information content (AvgIpc) is 2.50. The van der Waals surface area contributed by atoms with Crippen molar-refractivity contribution in [2.24, 2.45) is 17.8 Å². The SMILES string of the molecule is C#CCCC1C2CC12. The van der Waals surface area contributed by atoms with Crippen LogP contribution in [0, 0.1) is 30.1 Å². The zero-order chi connectivity index (χ0) is 5.56. The molecule has 2 aliphatic carbocycles. The summed E-state index contributed by atoms with van der Waals surface area (Å²) in [4.78, 5) is 0. The minimum absolute atomic E-state index is 1.01. The molecule has 2 fully saturated rings. The summed E-state index contributed by atoms with van der Waals surface area (Å²) in [5, 5.41) is 0. The van der Waals surface area contributed by atoms with Gasteiger partial charge in [0, 0.05) is 6.42 Å². The Labute approximate surface area is 50.3 Å². The van der Waals surface area contributed by atoms with Crippen LogP contribution in [0.1, 0.15) is 19.3 Å². The highest BCUT2D eigenvalue weighted by atomic mass is 14.7. The van der Waals surface area contributed by atoms with Gasteiger partial charge in [0.05, 0.1) is 0 Å². The predicted molar refractivity (Wildman–Crippen MR) is 33.2 cm³/mol. The summed E-state index contributed by atoms with van der Waals surface area (Å²) in [6.45, 7) is 0. The van der Waals surface area contributed by atoms with Crippen molar-refractivity contribution in [2.75, 3.05) is 0 Å². The largest absolute Gasteiger partial charge is 0.120 e. The van der Waals surface area contributed by atoms with Crippen molar-refractivity contribution in [2.45, 2.75) is 19.3 Å². The van der Waals surface area contributed by atoms with E-state index < -0.39 is 0 Å². The fraction of sp³-hybridized carbons (Fsp3) is 0.750. The molecule has 2 saturated carbocycles. The third kappa shape index (κ3) is 0.478. The molecular formula is C8H10. The summed E-state index contributed by atoms with van der Waals surface area (Å²) in [6.07, 6.45) is 8.96. The van der Waals surface area contributed by atoms with Gasteiger partial charge >= 0.3 is 0 Å².